The summed E-state index contributed by atoms with van der Waals surface area (Å²) in [6.07, 6.45) is 2.43. The van der Waals surface area contributed by atoms with Gasteiger partial charge < -0.3 is 9.84 Å². The van der Waals surface area contributed by atoms with Gasteiger partial charge in [0.25, 0.3) is 0 Å². The minimum absolute atomic E-state index is 0.255. The number of aryl methyl sites for hydroxylation is 2. The number of rotatable bonds is 4. The molecule has 1 aliphatic heterocycles. The van der Waals surface area contributed by atoms with Crippen LogP contribution in [0, 0.1) is 13.8 Å². The predicted molar refractivity (Wildman–Crippen MR) is 70.4 cm³/mol. The topological polar surface area (TPSA) is 59.4 Å². The normalized spacial score (nSPS) is 19.1. The molecule has 1 unspecified atom stereocenters. The Kier molecular flexibility index (Phi) is 4.24. The van der Waals surface area contributed by atoms with Crippen LogP contribution in [0.5, 0.6) is 0 Å². The maximum absolute atomic E-state index is 11.3. The SMILES string of the molecule is Cc1cc(SCC2CCCO2)c(C(=O)O)c(C)n1. The fourth-order valence-corrected chi connectivity index (χ4v) is 3.39. The number of aromatic carboxylic acids is 1. The summed E-state index contributed by atoms with van der Waals surface area (Å²) >= 11 is 1.56. The lowest BCUT2D eigenvalue weighted by Crippen LogP contribution is -2.10. The molecule has 2 heterocycles. The third-order valence-electron chi connectivity index (χ3n) is 2.95. The van der Waals surface area contributed by atoms with E-state index in [4.69, 9.17) is 4.74 Å². The molecular formula is C13H17NO3S. The van der Waals surface area contributed by atoms with Gasteiger partial charge in [-0.1, -0.05) is 0 Å². The van der Waals surface area contributed by atoms with Gasteiger partial charge in [0.15, 0.2) is 0 Å². The van der Waals surface area contributed by atoms with Crippen LogP contribution >= 0.6 is 11.8 Å². The maximum atomic E-state index is 11.3. The second-order valence-corrected chi connectivity index (χ2v) is 5.54. The molecule has 1 aliphatic rings. The maximum Gasteiger partial charge on any atom is 0.338 e. The summed E-state index contributed by atoms with van der Waals surface area (Å²) in [7, 11) is 0. The summed E-state index contributed by atoms with van der Waals surface area (Å²) in [4.78, 5) is 16.3. The first-order valence-electron chi connectivity index (χ1n) is 6.04. The largest absolute Gasteiger partial charge is 0.478 e. The number of nitrogens with zero attached hydrogens (tertiary/aromatic N) is 1. The number of hydrogen-bond acceptors (Lipinski definition) is 4. The van der Waals surface area contributed by atoms with Gasteiger partial charge in [-0.3, -0.25) is 4.98 Å². The Morgan fingerprint density at radius 2 is 2.39 bits per heavy atom. The minimum Gasteiger partial charge on any atom is -0.478 e. The summed E-state index contributed by atoms with van der Waals surface area (Å²) in [5.74, 6) is -0.0989. The third-order valence-corrected chi connectivity index (χ3v) is 4.13. The van der Waals surface area contributed by atoms with Crippen molar-refractivity contribution in [1.82, 2.24) is 4.98 Å². The molecule has 2 rings (SSSR count). The monoisotopic (exact) mass is 267 g/mol. The van der Waals surface area contributed by atoms with E-state index < -0.39 is 5.97 Å². The smallest absolute Gasteiger partial charge is 0.338 e. The zero-order valence-electron chi connectivity index (χ0n) is 10.6. The second-order valence-electron chi connectivity index (χ2n) is 4.47. The Balaban J connectivity index is 2.16. The summed E-state index contributed by atoms with van der Waals surface area (Å²) in [6, 6.07) is 1.84. The first-order valence-corrected chi connectivity index (χ1v) is 7.02. The lowest BCUT2D eigenvalue weighted by molar-refractivity contribution is 0.0691. The van der Waals surface area contributed by atoms with Gasteiger partial charge in [-0.15, -0.1) is 11.8 Å². The highest BCUT2D eigenvalue weighted by Crippen LogP contribution is 2.28. The quantitative estimate of drug-likeness (QED) is 0.850. The third kappa shape index (κ3) is 3.03. The molecule has 0 saturated carbocycles. The van der Waals surface area contributed by atoms with E-state index in [0.29, 0.717) is 11.3 Å². The molecule has 0 aromatic carbocycles. The fraction of sp³-hybridized carbons (Fsp3) is 0.538. The van der Waals surface area contributed by atoms with E-state index in [1.165, 1.54) is 0 Å². The number of hydrogen-bond donors (Lipinski definition) is 1. The van der Waals surface area contributed by atoms with E-state index in [0.717, 1.165) is 35.8 Å². The molecule has 1 aromatic heterocycles. The van der Waals surface area contributed by atoms with Gasteiger partial charge in [-0.2, -0.15) is 0 Å². The van der Waals surface area contributed by atoms with Crippen LogP contribution in [-0.4, -0.2) is 34.5 Å². The molecule has 1 saturated heterocycles. The Labute approximate surface area is 111 Å². The molecule has 0 bridgehead atoms. The van der Waals surface area contributed by atoms with E-state index in [-0.39, 0.29) is 6.10 Å². The first-order chi connectivity index (χ1) is 8.58. The molecule has 0 spiro atoms. The number of pyridine rings is 1. The molecular weight excluding hydrogens is 250 g/mol. The van der Waals surface area contributed by atoms with E-state index in [9.17, 15) is 9.90 Å². The average molecular weight is 267 g/mol. The van der Waals surface area contributed by atoms with Crippen LogP contribution < -0.4 is 0 Å². The Hall–Kier alpha value is -1.07. The summed E-state index contributed by atoms with van der Waals surface area (Å²) in [5, 5.41) is 9.24. The van der Waals surface area contributed by atoms with Crippen molar-refractivity contribution in [3.8, 4) is 0 Å². The molecule has 18 heavy (non-hydrogen) atoms. The van der Waals surface area contributed by atoms with Crippen LogP contribution in [0.25, 0.3) is 0 Å². The van der Waals surface area contributed by atoms with Crippen molar-refractivity contribution in [3.63, 3.8) is 0 Å². The Bertz CT molecular complexity index is 456. The van der Waals surface area contributed by atoms with E-state index in [1.54, 1.807) is 18.7 Å². The molecule has 1 N–H and O–H groups in total. The van der Waals surface area contributed by atoms with Gasteiger partial charge in [-0.05, 0) is 32.8 Å². The van der Waals surface area contributed by atoms with Gasteiger partial charge in [0, 0.05) is 22.9 Å². The number of carboxylic acids is 1. The van der Waals surface area contributed by atoms with Crippen LogP contribution in [0.3, 0.4) is 0 Å². The molecule has 0 amide bonds. The van der Waals surface area contributed by atoms with Crippen molar-refractivity contribution in [2.75, 3.05) is 12.4 Å². The minimum atomic E-state index is -0.908. The number of ether oxygens (including phenoxy) is 1. The summed E-state index contributed by atoms with van der Waals surface area (Å²) in [5.41, 5.74) is 1.76. The lowest BCUT2D eigenvalue weighted by Gasteiger charge is -2.12. The lowest BCUT2D eigenvalue weighted by atomic mass is 10.2. The van der Waals surface area contributed by atoms with Gasteiger partial charge in [0.05, 0.1) is 17.4 Å². The van der Waals surface area contributed by atoms with Crippen molar-refractivity contribution in [3.05, 3.63) is 23.0 Å². The van der Waals surface area contributed by atoms with Crippen molar-refractivity contribution in [1.29, 1.82) is 0 Å². The fourth-order valence-electron chi connectivity index (χ4n) is 2.13. The van der Waals surface area contributed by atoms with Crippen molar-refractivity contribution in [2.45, 2.75) is 37.7 Å². The number of carboxylic acid groups (broad SMARTS) is 1. The summed E-state index contributed by atoms with van der Waals surface area (Å²) < 4.78 is 5.55. The second kappa shape index (κ2) is 5.71. The van der Waals surface area contributed by atoms with E-state index >= 15 is 0 Å². The highest BCUT2D eigenvalue weighted by atomic mass is 32.2. The van der Waals surface area contributed by atoms with Gasteiger partial charge in [0.1, 0.15) is 0 Å². The Morgan fingerprint density at radius 1 is 1.61 bits per heavy atom. The van der Waals surface area contributed by atoms with Crippen LogP contribution in [0.4, 0.5) is 0 Å². The van der Waals surface area contributed by atoms with Crippen molar-refractivity contribution in [2.24, 2.45) is 0 Å². The van der Waals surface area contributed by atoms with E-state index in [1.807, 2.05) is 13.0 Å². The number of carbonyl (C=O) groups is 1. The molecule has 5 heteroatoms. The molecule has 0 radical (unpaired) electrons. The zero-order valence-corrected chi connectivity index (χ0v) is 11.4. The number of aromatic nitrogens is 1. The highest BCUT2D eigenvalue weighted by Gasteiger charge is 2.19. The van der Waals surface area contributed by atoms with Crippen LogP contribution in [0.15, 0.2) is 11.0 Å². The molecule has 1 atom stereocenters. The van der Waals surface area contributed by atoms with Gasteiger partial charge >= 0.3 is 5.97 Å². The van der Waals surface area contributed by atoms with Crippen LogP contribution in [0.1, 0.15) is 34.6 Å². The molecule has 4 nitrogen and oxygen atoms in total. The van der Waals surface area contributed by atoms with Crippen molar-refractivity contribution >= 4 is 17.7 Å². The Morgan fingerprint density at radius 3 is 3.00 bits per heavy atom. The first kappa shape index (κ1) is 13.4. The molecule has 1 fully saturated rings. The van der Waals surface area contributed by atoms with Gasteiger partial charge in [-0.25, -0.2) is 4.79 Å². The number of thioether (sulfide) groups is 1. The zero-order chi connectivity index (χ0) is 13.1. The highest BCUT2D eigenvalue weighted by molar-refractivity contribution is 7.99. The van der Waals surface area contributed by atoms with Crippen LogP contribution in [0.2, 0.25) is 0 Å². The van der Waals surface area contributed by atoms with Gasteiger partial charge in [0.2, 0.25) is 0 Å². The summed E-state index contributed by atoms with van der Waals surface area (Å²) in [6.45, 7) is 4.45. The standard InChI is InChI=1S/C13H17NO3S/c1-8-6-11(12(13(15)16)9(2)14-8)18-7-10-4-3-5-17-10/h6,10H,3-5,7H2,1-2H3,(H,15,16). The molecule has 1 aromatic rings. The van der Waals surface area contributed by atoms with Crippen LogP contribution in [-0.2, 0) is 4.74 Å². The molecule has 0 aliphatic carbocycles. The predicted octanol–water partition coefficient (Wildman–Crippen LogP) is 2.67. The average Bonchev–Trinajstić information content (AvgIpc) is 2.77. The van der Waals surface area contributed by atoms with E-state index in [2.05, 4.69) is 4.98 Å². The molecule has 98 valence electrons. The van der Waals surface area contributed by atoms with Crippen molar-refractivity contribution < 1.29 is 14.6 Å².